The summed E-state index contributed by atoms with van der Waals surface area (Å²) in [7, 11) is -3.71. The van der Waals surface area contributed by atoms with Gasteiger partial charge in [-0.05, 0) is 68.7 Å². The van der Waals surface area contributed by atoms with Crippen LogP contribution in [-0.2, 0) is 14.8 Å². The number of amides is 1. The number of sulfonamides is 1. The largest absolute Gasteiger partial charge is 0.494 e. The molecule has 0 saturated carbocycles. The molecule has 1 fully saturated rings. The van der Waals surface area contributed by atoms with Crippen molar-refractivity contribution in [1.82, 2.24) is 4.31 Å². The predicted molar refractivity (Wildman–Crippen MR) is 109 cm³/mol. The molecule has 8 heteroatoms. The molecular formula is C21H25FN2O4S. The summed E-state index contributed by atoms with van der Waals surface area (Å²) in [4.78, 5) is 12.8. The summed E-state index contributed by atoms with van der Waals surface area (Å²) in [5.74, 6) is -0.593. The number of benzene rings is 2. The fourth-order valence-corrected chi connectivity index (χ4v) is 4.84. The normalized spacial score (nSPS) is 17.7. The first kappa shape index (κ1) is 21.3. The molecule has 29 heavy (non-hydrogen) atoms. The van der Waals surface area contributed by atoms with Gasteiger partial charge in [-0.15, -0.1) is 0 Å². The fraction of sp³-hybridized carbons (Fsp3) is 0.381. The summed E-state index contributed by atoms with van der Waals surface area (Å²) >= 11 is 0. The van der Waals surface area contributed by atoms with E-state index in [0.29, 0.717) is 43.0 Å². The van der Waals surface area contributed by atoms with E-state index >= 15 is 0 Å². The zero-order chi connectivity index (χ0) is 21.0. The van der Waals surface area contributed by atoms with Crippen molar-refractivity contribution in [2.75, 3.05) is 25.0 Å². The molecule has 0 radical (unpaired) electrons. The summed E-state index contributed by atoms with van der Waals surface area (Å²) in [5, 5.41) is 2.70. The molecule has 0 aromatic heterocycles. The highest BCUT2D eigenvalue weighted by atomic mass is 32.2. The average Bonchev–Trinajstić information content (AvgIpc) is 2.71. The van der Waals surface area contributed by atoms with Crippen LogP contribution in [0.25, 0.3) is 0 Å². The molecule has 156 valence electrons. The number of hydrogen-bond donors (Lipinski definition) is 1. The van der Waals surface area contributed by atoms with Gasteiger partial charge in [-0.2, -0.15) is 4.31 Å². The van der Waals surface area contributed by atoms with Crippen LogP contribution in [0.15, 0.2) is 47.4 Å². The molecule has 1 heterocycles. The Bertz CT molecular complexity index is 977. The number of nitrogens with one attached hydrogen (secondary N) is 1. The van der Waals surface area contributed by atoms with E-state index in [9.17, 15) is 17.6 Å². The van der Waals surface area contributed by atoms with Crippen LogP contribution in [-0.4, -0.2) is 38.3 Å². The number of rotatable bonds is 6. The SMILES string of the molecule is CCOc1ccc(S(=O)(=O)N2CCC[C@@H](C(=O)Nc3ccc(C)c(F)c3)C2)cc1. The first-order valence-electron chi connectivity index (χ1n) is 9.61. The first-order valence-corrected chi connectivity index (χ1v) is 11.1. The molecule has 1 saturated heterocycles. The van der Waals surface area contributed by atoms with Gasteiger partial charge in [0.2, 0.25) is 15.9 Å². The molecule has 2 aromatic carbocycles. The van der Waals surface area contributed by atoms with E-state index in [2.05, 4.69) is 5.32 Å². The Kier molecular flexibility index (Phi) is 6.54. The van der Waals surface area contributed by atoms with Crippen molar-refractivity contribution in [3.05, 3.63) is 53.8 Å². The van der Waals surface area contributed by atoms with Crippen molar-refractivity contribution in [1.29, 1.82) is 0 Å². The molecular weight excluding hydrogens is 395 g/mol. The highest BCUT2D eigenvalue weighted by molar-refractivity contribution is 7.89. The van der Waals surface area contributed by atoms with Crippen molar-refractivity contribution in [2.45, 2.75) is 31.6 Å². The second-order valence-corrected chi connectivity index (χ2v) is 9.00. The van der Waals surface area contributed by atoms with E-state index < -0.39 is 21.8 Å². The number of halogens is 1. The second-order valence-electron chi connectivity index (χ2n) is 7.06. The van der Waals surface area contributed by atoms with E-state index in [4.69, 9.17) is 4.74 Å². The minimum atomic E-state index is -3.71. The van der Waals surface area contributed by atoms with Crippen LogP contribution in [0.4, 0.5) is 10.1 Å². The van der Waals surface area contributed by atoms with Crippen LogP contribution in [0.5, 0.6) is 5.75 Å². The molecule has 0 spiro atoms. The van der Waals surface area contributed by atoms with Gasteiger partial charge in [0.25, 0.3) is 0 Å². The fourth-order valence-electron chi connectivity index (χ4n) is 3.31. The third-order valence-corrected chi connectivity index (χ3v) is 6.85. The first-order chi connectivity index (χ1) is 13.8. The number of nitrogens with zero attached hydrogens (tertiary/aromatic N) is 1. The van der Waals surface area contributed by atoms with Gasteiger partial charge in [-0.25, -0.2) is 12.8 Å². The third kappa shape index (κ3) is 4.94. The van der Waals surface area contributed by atoms with Crippen LogP contribution >= 0.6 is 0 Å². The van der Waals surface area contributed by atoms with Gasteiger partial charge in [0.15, 0.2) is 0 Å². The lowest BCUT2D eigenvalue weighted by Gasteiger charge is -2.31. The molecule has 0 aliphatic carbocycles. The van der Waals surface area contributed by atoms with Gasteiger partial charge in [0.05, 0.1) is 17.4 Å². The summed E-state index contributed by atoms with van der Waals surface area (Å²) in [6.45, 7) is 4.45. The molecule has 1 aliphatic rings. The van der Waals surface area contributed by atoms with E-state index in [0.717, 1.165) is 0 Å². The number of ether oxygens (including phenoxy) is 1. The van der Waals surface area contributed by atoms with Crippen LogP contribution in [0.1, 0.15) is 25.3 Å². The number of carbonyl (C=O) groups excluding carboxylic acids is 1. The van der Waals surface area contributed by atoms with Gasteiger partial charge in [0.1, 0.15) is 11.6 Å². The van der Waals surface area contributed by atoms with Crippen LogP contribution < -0.4 is 10.1 Å². The number of hydrogen-bond acceptors (Lipinski definition) is 4. The number of piperidine rings is 1. The molecule has 6 nitrogen and oxygen atoms in total. The average molecular weight is 421 g/mol. The molecule has 3 rings (SSSR count). The summed E-state index contributed by atoms with van der Waals surface area (Å²) in [5.41, 5.74) is 0.859. The summed E-state index contributed by atoms with van der Waals surface area (Å²) < 4.78 is 46.3. The van der Waals surface area contributed by atoms with Crippen molar-refractivity contribution in [2.24, 2.45) is 5.92 Å². The quantitative estimate of drug-likeness (QED) is 0.775. The van der Waals surface area contributed by atoms with E-state index in [1.165, 1.54) is 22.5 Å². The van der Waals surface area contributed by atoms with Gasteiger partial charge >= 0.3 is 0 Å². The maximum absolute atomic E-state index is 13.7. The van der Waals surface area contributed by atoms with Crippen LogP contribution in [0.3, 0.4) is 0 Å². The zero-order valence-corrected chi connectivity index (χ0v) is 17.3. The summed E-state index contributed by atoms with van der Waals surface area (Å²) in [6.07, 6.45) is 1.16. The lowest BCUT2D eigenvalue weighted by molar-refractivity contribution is -0.120. The van der Waals surface area contributed by atoms with Gasteiger partial charge < -0.3 is 10.1 Å². The van der Waals surface area contributed by atoms with Crippen molar-refractivity contribution >= 4 is 21.6 Å². The van der Waals surface area contributed by atoms with Crippen molar-refractivity contribution in [3.8, 4) is 5.75 Å². The van der Waals surface area contributed by atoms with E-state index in [-0.39, 0.29) is 17.3 Å². The van der Waals surface area contributed by atoms with Crippen molar-refractivity contribution < 1.29 is 22.3 Å². The third-order valence-electron chi connectivity index (χ3n) is 4.97. The minimum Gasteiger partial charge on any atom is -0.494 e. The van der Waals surface area contributed by atoms with Gasteiger partial charge in [-0.3, -0.25) is 4.79 Å². The predicted octanol–water partition coefficient (Wildman–Crippen LogP) is 3.57. The molecule has 0 unspecified atom stereocenters. The Morgan fingerprint density at radius 1 is 1.24 bits per heavy atom. The Morgan fingerprint density at radius 2 is 1.97 bits per heavy atom. The molecule has 1 amide bonds. The van der Waals surface area contributed by atoms with Crippen LogP contribution in [0.2, 0.25) is 0 Å². The minimum absolute atomic E-state index is 0.0930. The lowest BCUT2D eigenvalue weighted by atomic mass is 9.98. The topological polar surface area (TPSA) is 75.7 Å². The van der Waals surface area contributed by atoms with Crippen molar-refractivity contribution in [3.63, 3.8) is 0 Å². The van der Waals surface area contributed by atoms with Gasteiger partial charge in [-0.1, -0.05) is 6.07 Å². The highest BCUT2D eigenvalue weighted by Crippen LogP contribution is 2.26. The number of aryl methyl sites for hydroxylation is 1. The standard InChI is InChI=1S/C21H25FN2O4S/c1-3-28-18-8-10-19(11-9-18)29(26,27)24-12-4-5-16(14-24)21(25)23-17-7-6-15(2)20(22)13-17/h6-11,13,16H,3-5,12,14H2,1-2H3,(H,23,25)/t16-/m1/s1. The molecule has 2 aromatic rings. The Morgan fingerprint density at radius 3 is 2.62 bits per heavy atom. The molecule has 1 aliphatic heterocycles. The monoisotopic (exact) mass is 420 g/mol. The second kappa shape index (κ2) is 8.92. The lowest BCUT2D eigenvalue weighted by Crippen LogP contribution is -2.43. The summed E-state index contributed by atoms with van der Waals surface area (Å²) in [6, 6.07) is 10.8. The Labute approximate surface area is 170 Å². The maximum atomic E-state index is 13.7. The maximum Gasteiger partial charge on any atom is 0.243 e. The van der Waals surface area contributed by atoms with E-state index in [1.807, 2.05) is 6.92 Å². The molecule has 0 bridgehead atoms. The molecule has 1 N–H and O–H groups in total. The Balaban J connectivity index is 1.70. The number of carbonyl (C=O) groups is 1. The van der Waals surface area contributed by atoms with Crippen LogP contribution in [0, 0.1) is 18.7 Å². The van der Waals surface area contributed by atoms with E-state index in [1.54, 1.807) is 31.2 Å². The number of anilines is 1. The Hall–Kier alpha value is -2.45. The van der Waals surface area contributed by atoms with Gasteiger partial charge in [0, 0.05) is 18.8 Å². The zero-order valence-electron chi connectivity index (χ0n) is 16.5. The molecule has 1 atom stereocenters. The highest BCUT2D eigenvalue weighted by Gasteiger charge is 2.33. The smallest absolute Gasteiger partial charge is 0.243 e.